The van der Waals surface area contributed by atoms with E-state index in [-0.39, 0.29) is 0 Å². The van der Waals surface area contributed by atoms with Crippen molar-refractivity contribution in [1.29, 1.82) is 0 Å². The van der Waals surface area contributed by atoms with Crippen LogP contribution < -0.4 is 9.80 Å². The van der Waals surface area contributed by atoms with Gasteiger partial charge in [-0.25, -0.2) is 0 Å². The molecule has 0 fully saturated rings. The number of anilines is 6. The van der Waals surface area contributed by atoms with Crippen molar-refractivity contribution in [3.05, 3.63) is 461 Å². The highest BCUT2D eigenvalue weighted by Crippen LogP contribution is 2.47. The van der Waals surface area contributed by atoms with Gasteiger partial charge in [0.05, 0.1) is 0 Å². The second-order valence-electron chi connectivity index (χ2n) is 31.8. The quantitative estimate of drug-likeness (QED) is 0.102. The molecule has 0 spiro atoms. The van der Waals surface area contributed by atoms with Gasteiger partial charge in [-0.2, -0.15) is 0 Å². The number of fused-ring (bicyclic) bond motifs is 13. The zero-order valence-corrected chi connectivity index (χ0v) is 67.4. The van der Waals surface area contributed by atoms with Gasteiger partial charge in [-0.05, 0) is 269 Å². The van der Waals surface area contributed by atoms with Gasteiger partial charge in [-0.1, -0.05) is 303 Å². The summed E-state index contributed by atoms with van der Waals surface area (Å²) < 4.78 is 25.4. The van der Waals surface area contributed by atoms with Crippen molar-refractivity contribution in [2.24, 2.45) is 0 Å². The van der Waals surface area contributed by atoms with Gasteiger partial charge in [0.15, 0.2) is 0 Å². The van der Waals surface area contributed by atoms with Gasteiger partial charge in [0.2, 0.25) is 0 Å². The normalized spacial score (nSPS) is 11.5. The Kier molecular flexibility index (Phi) is 18.2. The van der Waals surface area contributed by atoms with Gasteiger partial charge in [0.25, 0.3) is 0 Å². The first-order valence-corrected chi connectivity index (χ1v) is 42.1. The fraction of sp³-hybridized carbons (Fsp3) is 0. The Hall–Kier alpha value is -16.5. The maximum absolute atomic E-state index is 6.41. The average molecular weight is 1590 g/mol. The number of benzene rings is 20. The fourth-order valence-corrected chi connectivity index (χ4v) is 18.2. The molecule has 0 bridgehead atoms. The van der Waals surface area contributed by atoms with E-state index in [9.17, 15) is 0 Å². The lowest BCUT2D eigenvalue weighted by Gasteiger charge is -2.26. The van der Waals surface area contributed by atoms with Crippen molar-refractivity contribution in [3.63, 3.8) is 0 Å². The summed E-state index contributed by atoms with van der Waals surface area (Å²) in [7, 11) is 0. The molecule has 24 rings (SSSR count). The highest BCUT2D eigenvalue weighted by Gasteiger charge is 2.22. The zero-order valence-electron chi connectivity index (χ0n) is 67.4. The lowest BCUT2D eigenvalue weighted by molar-refractivity contribution is 0.668. The summed E-state index contributed by atoms with van der Waals surface area (Å²) in [6, 6.07) is 164. The standard InChI is InChI=1S/C60H39NO2.C58H37NO2/c1-3-12-40(13-4-1)41-26-31-49(32-27-41)61(48-15-5-2-6-16-48)50-17-11-14-44(36-50)42-22-24-43(25-23-42)51-33-28-45(46-29-34-54-52-18-7-9-20-57(52)62-59(54)38-46)37-56(51)47-30-35-55-53-19-8-10-21-58(53)63-60(55)39-47;1-2-14-46(15-3-1)59(48-29-25-38-11-4-5-12-41(38)34-48)47-16-10-13-42(33-47)39-21-23-40(24-22-39)49-30-26-43(44-27-31-52-50-17-6-8-19-55(50)60-57(52)36-44)35-54(49)45-28-32-53-51-18-7-9-20-56(51)61-58(53)37-45/h1-39H;1-37H. The van der Waals surface area contributed by atoms with Crippen LogP contribution in [0, 0.1) is 0 Å². The van der Waals surface area contributed by atoms with E-state index in [0.717, 1.165) is 211 Å². The van der Waals surface area contributed by atoms with Gasteiger partial charge in [0.1, 0.15) is 44.7 Å². The second-order valence-corrected chi connectivity index (χ2v) is 31.8. The highest BCUT2D eigenvalue weighted by atomic mass is 16.3. The van der Waals surface area contributed by atoms with Crippen LogP contribution in [0.1, 0.15) is 0 Å². The molecular formula is C118H76N2O4. The number of hydrogen-bond donors (Lipinski definition) is 0. The zero-order chi connectivity index (χ0) is 82.0. The molecule has 0 aliphatic carbocycles. The third kappa shape index (κ3) is 13.5. The van der Waals surface area contributed by atoms with Gasteiger partial charge < -0.3 is 27.5 Å². The maximum Gasteiger partial charge on any atom is 0.136 e. The third-order valence-electron chi connectivity index (χ3n) is 24.4. The van der Waals surface area contributed by atoms with E-state index < -0.39 is 0 Å². The Morgan fingerprint density at radius 2 is 0.379 bits per heavy atom. The van der Waals surface area contributed by atoms with Gasteiger partial charge in [-0.3, -0.25) is 0 Å². The fourth-order valence-electron chi connectivity index (χ4n) is 18.2. The van der Waals surface area contributed by atoms with E-state index in [0.29, 0.717) is 0 Å². The van der Waals surface area contributed by atoms with Crippen molar-refractivity contribution < 1.29 is 17.7 Å². The summed E-state index contributed by atoms with van der Waals surface area (Å²) >= 11 is 0. The number of furan rings is 4. The van der Waals surface area contributed by atoms with Crippen molar-refractivity contribution in [1.82, 2.24) is 0 Å². The molecular weight excluding hydrogens is 1510 g/mol. The largest absolute Gasteiger partial charge is 0.456 e. The Bertz CT molecular complexity index is 8160. The van der Waals surface area contributed by atoms with Crippen LogP contribution in [0.15, 0.2) is 479 Å². The van der Waals surface area contributed by atoms with Crippen molar-refractivity contribution in [2.75, 3.05) is 9.80 Å². The third-order valence-corrected chi connectivity index (χ3v) is 24.4. The Morgan fingerprint density at radius 1 is 0.121 bits per heavy atom. The summed E-state index contributed by atoms with van der Waals surface area (Å²) in [6.07, 6.45) is 0. The van der Waals surface area contributed by atoms with E-state index in [1.54, 1.807) is 0 Å². The molecule has 4 heterocycles. The van der Waals surface area contributed by atoms with Crippen LogP contribution in [-0.4, -0.2) is 0 Å². The monoisotopic (exact) mass is 1580 g/mol. The molecule has 6 nitrogen and oxygen atoms in total. The maximum atomic E-state index is 6.41. The number of hydrogen-bond acceptors (Lipinski definition) is 6. The smallest absolute Gasteiger partial charge is 0.136 e. The SMILES string of the molecule is c1ccc(-c2ccc(N(c3ccccc3)c3cccc(-c4ccc(-c5ccc(-c6ccc7c(c6)oc6ccccc67)cc5-c5ccc6c(c5)oc5ccccc56)cc4)c3)cc2)cc1.c1ccc(N(c2cccc(-c3ccc(-c4ccc(-c5ccc6c(c5)oc5ccccc56)cc4-c4ccc5c(c4)oc4ccccc45)cc3)c2)c2ccc3ccccc3c2)cc1. The molecule has 0 unspecified atom stereocenters. The molecule has 0 N–H and O–H groups in total. The molecule has 20 aromatic carbocycles. The molecule has 0 aliphatic heterocycles. The molecule has 0 amide bonds. The summed E-state index contributed by atoms with van der Waals surface area (Å²) in [6.45, 7) is 0. The predicted octanol–water partition coefficient (Wildman–Crippen LogP) is 34.1. The first kappa shape index (κ1) is 72.7. The average Bonchev–Trinajstić information content (AvgIpc) is 1.56. The van der Waals surface area contributed by atoms with E-state index >= 15 is 0 Å². The summed E-state index contributed by atoms with van der Waals surface area (Å²) in [4.78, 5) is 4.66. The lowest BCUT2D eigenvalue weighted by Crippen LogP contribution is -2.09. The minimum absolute atomic E-state index is 0.876. The Morgan fingerprint density at radius 3 is 0.815 bits per heavy atom. The first-order chi connectivity index (χ1) is 61.4. The molecule has 24 aromatic rings. The molecule has 0 aliphatic rings. The van der Waals surface area contributed by atoms with E-state index in [1.807, 2.05) is 48.5 Å². The van der Waals surface area contributed by atoms with Crippen LogP contribution >= 0.6 is 0 Å². The lowest BCUT2D eigenvalue weighted by atomic mass is 9.90. The minimum Gasteiger partial charge on any atom is -0.456 e. The molecule has 124 heavy (non-hydrogen) atoms. The van der Waals surface area contributed by atoms with E-state index in [2.05, 4.69) is 422 Å². The van der Waals surface area contributed by atoms with Crippen LogP contribution in [0.4, 0.5) is 34.1 Å². The Balaban J connectivity index is 0.000000143. The minimum atomic E-state index is 0.876. The number of para-hydroxylation sites is 6. The van der Waals surface area contributed by atoms with E-state index in [1.165, 1.54) is 21.9 Å². The summed E-state index contributed by atoms with van der Waals surface area (Å²) in [5.74, 6) is 0. The molecule has 4 aromatic heterocycles. The van der Waals surface area contributed by atoms with Crippen molar-refractivity contribution in [3.8, 4) is 100 Å². The number of rotatable bonds is 15. The van der Waals surface area contributed by atoms with Gasteiger partial charge in [-0.15, -0.1) is 0 Å². The van der Waals surface area contributed by atoms with E-state index in [4.69, 9.17) is 17.7 Å². The van der Waals surface area contributed by atoms with Crippen LogP contribution in [0.25, 0.3) is 199 Å². The summed E-state index contributed by atoms with van der Waals surface area (Å²) in [5, 5.41) is 11.4. The van der Waals surface area contributed by atoms with Crippen LogP contribution in [0.3, 0.4) is 0 Å². The Labute approximate surface area is 716 Å². The van der Waals surface area contributed by atoms with Gasteiger partial charge in [0, 0.05) is 77.2 Å². The summed E-state index contributed by atoms with van der Waals surface area (Å²) in [5.41, 5.74) is 34.2. The predicted molar refractivity (Wildman–Crippen MR) is 518 cm³/mol. The van der Waals surface area contributed by atoms with Gasteiger partial charge >= 0.3 is 0 Å². The van der Waals surface area contributed by atoms with Crippen molar-refractivity contribution in [2.45, 2.75) is 0 Å². The second kappa shape index (κ2) is 31.0. The highest BCUT2D eigenvalue weighted by molar-refractivity contribution is 6.10. The molecule has 0 saturated heterocycles. The molecule has 0 saturated carbocycles. The topological polar surface area (TPSA) is 59.0 Å². The van der Waals surface area contributed by atoms with Crippen LogP contribution in [0.2, 0.25) is 0 Å². The molecule has 6 heteroatoms. The molecule has 0 radical (unpaired) electrons. The van der Waals surface area contributed by atoms with Crippen molar-refractivity contribution >= 4 is 133 Å². The number of nitrogens with zero attached hydrogens (tertiary/aromatic N) is 2. The molecule has 582 valence electrons. The first-order valence-electron chi connectivity index (χ1n) is 42.1. The van der Waals surface area contributed by atoms with Crippen LogP contribution in [-0.2, 0) is 0 Å². The molecule has 0 atom stereocenters. The van der Waals surface area contributed by atoms with Crippen LogP contribution in [0.5, 0.6) is 0 Å².